The van der Waals surface area contributed by atoms with E-state index in [4.69, 9.17) is 10.6 Å². The SMILES string of the molecule is COc1cccc(C(=NC(C)C)NN)c1. The lowest BCUT2D eigenvalue weighted by molar-refractivity contribution is 0.414. The molecule has 0 atom stereocenters. The molecule has 0 amide bonds. The van der Waals surface area contributed by atoms with Gasteiger partial charge in [0.25, 0.3) is 0 Å². The van der Waals surface area contributed by atoms with Crippen LogP contribution < -0.4 is 16.0 Å². The first-order valence-electron chi connectivity index (χ1n) is 4.86. The van der Waals surface area contributed by atoms with Gasteiger partial charge in [-0.3, -0.25) is 4.99 Å². The molecule has 1 rings (SSSR count). The van der Waals surface area contributed by atoms with E-state index in [1.54, 1.807) is 7.11 Å². The van der Waals surface area contributed by atoms with Crippen LogP contribution in [-0.4, -0.2) is 19.0 Å². The Balaban J connectivity index is 3.01. The molecular formula is C11H17N3O. The van der Waals surface area contributed by atoms with Gasteiger partial charge in [-0.2, -0.15) is 0 Å². The number of amidine groups is 1. The maximum Gasteiger partial charge on any atom is 0.142 e. The van der Waals surface area contributed by atoms with Gasteiger partial charge in [-0.15, -0.1) is 0 Å². The summed E-state index contributed by atoms with van der Waals surface area (Å²) in [6.45, 7) is 4.00. The van der Waals surface area contributed by atoms with Crippen LogP contribution in [0.25, 0.3) is 0 Å². The Kier molecular flexibility index (Phi) is 4.12. The maximum absolute atomic E-state index is 5.42. The molecule has 0 aliphatic heterocycles. The maximum atomic E-state index is 5.42. The Hall–Kier alpha value is -1.55. The van der Waals surface area contributed by atoms with Crippen molar-refractivity contribution in [2.75, 3.05) is 7.11 Å². The fourth-order valence-corrected chi connectivity index (χ4v) is 1.22. The molecule has 15 heavy (non-hydrogen) atoms. The van der Waals surface area contributed by atoms with Crippen molar-refractivity contribution in [3.05, 3.63) is 29.8 Å². The highest BCUT2D eigenvalue weighted by Crippen LogP contribution is 2.12. The number of rotatable bonds is 3. The number of ether oxygens (including phenoxy) is 1. The van der Waals surface area contributed by atoms with Crippen molar-refractivity contribution in [2.45, 2.75) is 19.9 Å². The number of nitrogens with two attached hydrogens (primary N) is 1. The monoisotopic (exact) mass is 207 g/mol. The summed E-state index contributed by atoms with van der Waals surface area (Å²) in [6, 6.07) is 7.81. The minimum atomic E-state index is 0.197. The van der Waals surface area contributed by atoms with Crippen LogP contribution in [0.1, 0.15) is 19.4 Å². The number of benzene rings is 1. The van der Waals surface area contributed by atoms with E-state index in [1.165, 1.54) is 0 Å². The van der Waals surface area contributed by atoms with Gasteiger partial charge in [-0.05, 0) is 26.0 Å². The van der Waals surface area contributed by atoms with E-state index in [0.29, 0.717) is 5.84 Å². The second-order valence-electron chi connectivity index (χ2n) is 3.45. The number of hydrazine groups is 1. The molecule has 0 heterocycles. The van der Waals surface area contributed by atoms with Crippen molar-refractivity contribution in [1.82, 2.24) is 5.43 Å². The number of aliphatic imine (C=N–C) groups is 1. The van der Waals surface area contributed by atoms with Crippen LogP contribution in [0.3, 0.4) is 0 Å². The highest BCUT2D eigenvalue weighted by Gasteiger charge is 2.03. The minimum absolute atomic E-state index is 0.197. The fraction of sp³-hybridized carbons (Fsp3) is 0.364. The zero-order valence-corrected chi connectivity index (χ0v) is 9.32. The van der Waals surface area contributed by atoms with Crippen molar-refractivity contribution in [3.8, 4) is 5.75 Å². The van der Waals surface area contributed by atoms with E-state index < -0.39 is 0 Å². The zero-order chi connectivity index (χ0) is 11.3. The summed E-state index contributed by atoms with van der Waals surface area (Å²) in [5, 5.41) is 0. The van der Waals surface area contributed by atoms with Crippen molar-refractivity contribution < 1.29 is 4.74 Å². The molecule has 1 aromatic rings. The Labute approximate surface area is 90.1 Å². The molecule has 4 heteroatoms. The van der Waals surface area contributed by atoms with Crippen molar-refractivity contribution >= 4 is 5.84 Å². The number of hydrogen-bond acceptors (Lipinski definition) is 3. The highest BCUT2D eigenvalue weighted by atomic mass is 16.5. The van der Waals surface area contributed by atoms with Crippen LogP contribution in [0.2, 0.25) is 0 Å². The summed E-state index contributed by atoms with van der Waals surface area (Å²) in [6.07, 6.45) is 0. The molecule has 0 aliphatic rings. The largest absolute Gasteiger partial charge is 0.497 e. The summed E-state index contributed by atoms with van der Waals surface area (Å²) < 4.78 is 5.13. The van der Waals surface area contributed by atoms with E-state index in [2.05, 4.69) is 10.4 Å². The van der Waals surface area contributed by atoms with Gasteiger partial charge in [0.2, 0.25) is 0 Å². The van der Waals surface area contributed by atoms with E-state index in [0.717, 1.165) is 11.3 Å². The van der Waals surface area contributed by atoms with E-state index in [9.17, 15) is 0 Å². The standard InChI is InChI=1S/C11H17N3O/c1-8(2)13-11(14-12)9-5-4-6-10(7-9)15-3/h4-8H,12H2,1-3H3,(H,13,14). The van der Waals surface area contributed by atoms with Crippen LogP contribution in [-0.2, 0) is 0 Å². The Morgan fingerprint density at radius 1 is 1.47 bits per heavy atom. The summed E-state index contributed by atoms with van der Waals surface area (Å²) in [7, 11) is 1.63. The summed E-state index contributed by atoms with van der Waals surface area (Å²) in [5.74, 6) is 6.88. The molecule has 0 saturated carbocycles. The molecule has 0 saturated heterocycles. The molecule has 3 N–H and O–H groups in total. The summed E-state index contributed by atoms with van der Waals surface area (Å²) in [5.41, 5.74) is 3.52. The van der Waals surface area contributed by atoms with E-state index in [-0.39, 0.29) is 6.04 Å². The van der Waals surface area contributed by atoms with Gasteiger partial charge < -0.3 is 10.2 Å². The molecule has 0 radical (unpaired) electrons. The molecule has 1 aromatic carbocycles. The molecule has 4 nitrogen and oxygen atoms in total. The van der Waals surface area contributed by atoms with Crippen molar-refractivity contribution in [1.29, 1.82) is 0 Å². The lowest BCUT2D eigenvalue weighted by Gasteiger charge is -2.09. The molecule has 0 unspecified atom stereocenters. The predicted octanol–water partition coefficient (Wildman–Crippen LogP) is 1.31. The lowest BCUT2D eigenvalue weighted by atomic mass is 10.2. The summed E-state index contributed by atoms with van der Waals surface area (Å²) in [4.78, 5) is 4.37. The first-order valence-corrected chi connectivity index (χ1v) is 4.86. The summed E-state index contributed by atoms with van der Waals surface area (Å²) >= 11 is 0. The first kappa shape index (κ1) is 11.5. The molecular weight excluding hydrogens is 190 g/mol. The lowest BCUT2D eigenvalue weighted by Crippen LogP contribution is -2.31. The third-order valence-corrected chi connectivity index (χ3v) is 1.87. The average Bonchev–Trinajstić information content (AvgIpc) is 2.25. The molecule has 0 aliphatic carbocycles. The molecule has 82 valence electrons. The zero-order valence-electron chi connectivity index (χ0n) is 9.32. The number of nitrogens with zero attached hydrogens (tertiary/aromatic N) is 1. The van der Waals surface area contributed by atoms with Gasteiger partial charge in [0.05, 0.1) is 7.11 Å². The Bertz CT molecular complexity index is 347. The number of methoxy groups -OCH3 is 1. The van der Waals surface area contributed by atoms with Crippen LogP contribution in [0.15, 0.2) is 29.3 Å². The predicted molar refractivity (Wildman–Crippen MR) is 62.0 cm³/mol. The van der Waals surface area contributed by atoms with E-state index >= 15 is 0 Å². The Morgan fingerprint density at radius 2 is 2.20 bits per heavy atom. The minimum Gasteiger partial charge on any atom is -0.497 e. The third kappa shape index (κ3) is 3.25. The second-order valence-corrected chi connectivity index (χ2v) is 3.45. The van der Waals surface area contributed by atoms with Gasteiger partial charge in [0.15, 0.2) is 0 Å². The van der Waals surface area contributed by atoms with Crippen LogP contribution in [0.4, 0.5) is 0 Å². The van der Waals surface area contributed by atoms with Gasteiger partial charge in [0, 0.05) is 11.6 Å². The van der Waals surface area contributed by atoms with Gasteiger partial charge in [-0.1, -0.05) is 12.1 Å². The van der Waals surface area contributed by atoms with Crippen LogP contribution in [0.5, 0.6) is 5.75 Å². The molecule has 0 aromatic heterocycles. The quantitative estimate of drug-likeness (QED) is 0.340. The van der Waals surface area contributed by atoms with Gasteiger partial charge in [0.1, 0.15) is 11.6 Å². The normalized spacial score (nSPS) is 11.7. The van der Waals surface area contributed by atoms with Gasteiger partial charge in [-0.25, -0.2) is 5.84 Å². The number of hydrogen-bond donors (Lipinski definition) is 2. The molecule has 0 spiro atoms. The van der Waals surface area contributed by atoms with Crippen LogP contribution in [0, 0.1) is 0 Å². The first-order chi connectivity index (χ1) is 7.17. The van der Waals surface area contributed by atoms with Gasteiger partial charge >= 0.3 is 0 Å². The fourth-order valence-electron chi connectivity index (χ4n) is 1.22. The number of nitrogens with one attached hydrogen (secondary N) is 1. The topological polar surface area (TPSA) is 59.6 Å². The smallest absolute Gasteiger partial charge is 0.142 e. The Morgan fingerprint density at radius 3 is 2.73 bits per heavy atom. The van der Waals surface area contributed by atoms with Crippen molar-refractivity contribution in [3.63, 3.8) is 0 Å². The van der Waals surface area contributed by atoms with Crippen molar-refractivity contribution in [2.24, 2.45) is 10.8 Å². The average molecular weight is 207 g/mol. The van der Waals surface area contributed by atoms with E-state index in [1.807, 2.05) is 38.1 Å². The van der Waals surface area contributed by atoms with Crippen LogP contribution >= 0.6 is 0 Å². The third-order valence-electron chi connectivity index (χ3n) is 1.87. The molecule has 0 fully saturated rings. The highest BCUT2D eigenvalue weighted by molar-refractivity contribution is 5.98. The second kappa shape index (κ2) is 5.36. The molecule has 0 bridgehead atoms.